The molecule has 0 radical (unpaired) electrons. The molecule has 1 aromatic heterocycles. The zero-order valence-corrected chi connectivity index (χ0v) is 17.3. The Morgan fingerprint density at radius 1 is 0.750 bits per heavy atom. The number of unbranched alkanes of at least 4 members (excludes halogenated alkanes) is 3. The van der Waals surface area contributed by atoms with Crippen molar-refractivity contribution in [1.29, 1.82) is 0 Å². The van der Waals surface area contributed by atoms with Crippen molar-refractivity contribution in [3.8, 4) is 0 Å². The van der Waals surface area contributed by atoms with E-state index < -0.39 is 11.6 Å². The second-order valence-corrected chi connectivity index (χ2v) is 6.97. The van der Waals surface area contributed by atoms with Gasteiger partial charge in [-0.3, -0.25) is 0 Å². The molecule has 0 amide bonds. The zero-order valence-electron chi connectivity index (χ0n) is 15.7. The van der Waals surface area contributed by atoms with Gasteiger partial charge in [-0.25, -0.2) is 8.78 Å². The molecule has 0 atom stereocenters. The van der Waals surface area contributed by atoms with Crippen molar-refractivity contribution in [2.24, 2.45) is 0 Å². The van der Waals surface area contributed by atoms with Crippen LogP contribution in [0.1, 0.15) is 31.2 Å². The largest absolute Gasteiger partial charge is 0.340 e. The number of hydrogen-bond donors (Lipinski definition) is 0. The van der Waals surface area contributed by atoms with Gasteiger partial charge in [0.25, 0.3) is 0 Å². The van der Waals surface area contributed by atoms with Gasteiger partial charge in [-0.1, -0.05) is 67.6 Å². The van der Waals surface area contributed by atoms with Crippen LogP contribution in [0.2, 0.25) is 0 Å². The standard InChI is InChI=1S/C24H22F2N.Ti/c25-21-13-9-14-22(26)20(21)12-3-1-2-8-17-27-23-15-6-4-10-18(23)19-11-5-7-16-24(19)27;/h4-7,9-11,13,15-16H,1-3,8,12,17H2;/q-1;. The molecule has 4 rings (SSSR count). The molecule has 142 valence electrons. The molecular formula is C24H22F2NTi-. The quantitative estimate of drug-likeness (QED) is 0.182. The van der Waals surface area contributed by atoms with Gasteiger partial charge in [0.1, 0.15) is 0 Å². The summed E-state index contributed by atoms with van der Waals surface area (Å²) < 4.78 is 29.6. The Bertz CT molecular complexity index is 997. The molecule has 0 aliphatic rings. The van der Waals surface area contributed by atoms with Gasteiger partial charge in [-0.05, 0) is 18.6 Å². The van der Waals surface area contributed by atoms with Crippen molar-refractivity contribution in [2.45, 2.75) is 38.6 Å². The maximum atomic E-state index is 13.6. The molecule has 0 N–H and O–H groups in total. The van der Waals surface area contributed by atoms with Crippen LogP contribution >= 0.6 is 0 Å². The predicted molar refractivity (Wildman–Crippen MR) is 107 cm³/mol. The molecular weight excluding hydrogens is 388 g/mol. The number of aromatic nitrogens is 1. The molecule has 1 nitrogen and oxygen atoms in total. The van der Waals surface area contributed by atoms with Crippen molar-refractivity contribution in [3.05, 3.63) is 83.9 Å². The third-order valence-corrected chi connectivity index (χ3v) is 5.23. The molecule has 1 heterocycles. The number of rotatable bonds is 7. The van der Waals surface area contributed by atoms with Crippen LogP contribution in [0.4, 0.5) is 8.78 Å². The second-order valence-electron chi connectivity index (χ2n) is 6.97. The Balaban J connectivity index is 0.00000225. The normalized spacial score (nSPS) is 11.1. The number of aryl methyl sites for hydroxylation is 1. The van der Waals surface area contributed by atoms with Gasteiger partial charge in [-0.2, -0.15) is 6.07 Å². The first-order valence-corrected chi connectivity index (χ1v) is 9.56. The van der Waals surface area contributed by atoms with Crippen LogP contribution in [0.5, 0.6) is 0 Å². The average Bonchev–Trinajstić information content (AvgIpc) is 3.01. The van der Waals surface area contributed by atoms with E-state index in [0.29, 0.717) is 6.42 Å². The first kappa shape index (κ1) is 20.8. The van der Waals surface area contributed by atoms with Crippen molar-refractivity contribution in [2.75, 3.05) is 0 Å². The summed E-state index contributed by atoms with van der Waals surface area (Å²) >= 11 is 0. The molecule has 4 aromatic rings. The first-order chi connectivity index (χ1) is 13.3. The summed E-state index contributed by atoms with van der Waals surface area (Å²) in [5.74, 6) is -1.02. The Morgan fingerprint density at radius 3 is 2.00 bits per heavy atom. The van der Waals surface area contributed by atoms with E-state index in [9.17, 15) is 8.78 Å². The van der Waals surface area contributed by atoms with Crippen LogP contribution in [-0.4, -0.2) is 4.57 Å². The number of para-hydroxylation sites is 2. The van der Waals surface area contributed by atoms with E-state index in [-0.39, 0.29) is 27.3 Å². The summed E-state index contributed by atoms with van der Waals surface area (Å²) in [6, 6.07) is 22.0. The Morgan fingerprint density at radius 2 is 1.36 bits per heavy atom. The second kappa shape index (κ2) is 9.49. The fourth-order valence-corrected chi connectivity index (χ4v) is 3.88. The average molecular weight is 410 g/mol. The number of nitrogens with zero attached hydrogens (tertiary/aromatic N) is 1. The summed E-state index contributed by atoms with van der Waals surface area (Å²) in [5, 5.41) is 2.58. The smallest absolute Gasteiger partial charge is 0.0491 e. The minimum absolute atomic E-state index is 0. The Labute approximate surface area is 179 Å². The van der Waals surface area contributed by atoms with Crippen molar-refractivity contribution >= 4 is 21.8 Å². The molecule has 3 aromatic carbocycles. The fourth-order valence-electron chi connectivity index (χ4n) is 3.88. The van der Waals surface area contributed by atoms with Gasteiger partial charge in [0.15, 0.2) is 0 Å². The van der Waals surface area contributed by atoms with Crippen molar-refractivity contribution in [3.63, 3.8) is 0 Å². The maximum Gasteiger partial charge on any atom is 0.0491 e. The van der Waals surface area contributed by atoms with E-state index in [2.05, 4.69) is 59.2 Å². The van der Waals surface area contributed by atoms with E-state index in [1.807, 2.05) is 0 Å². The summed E-state index contributed by atoms with van der Waals surface area (Å²) in [6.07, 6.45) is 4.28. The number of halogens is 2. The summed E-state index contributed by atoms with van der Waals surface area (Å²) in [4.78, 5) is 0. The molecule has 0 aliphatic heterocycles. The predicted octanol–water partition coefficient (Wildman–Crippen LogP) is 6.67. The van der Waals surface area contributed by atoms with Gasteiger partial charge in [-0.15, -0.1) is 12.1 Å². The molecule has 0 saturated heterocycles. The summed E-state index contributed by atoms with van der Waals surface area (Å²) in [7, 11) is 0. The van der Waals surface area contributed by atoms with Crippen molar-refractivity contribution in [1.82, 2.24) is 4.57 Å². The third-order valence-electron chi connectivity index (χ3n) is 5.23. The van der Waals surface area contributed by atoms with Gasteiger partial charge < -0.3 is 4.57 Å². The minimum Gasteiger partial charge on any atom is -0.340 e. The van der Waals surface area contributed by atoms with Gasteiger partial charge in [0.05, 0.1) is 0 Å². The Kier molecular flexibility index (Phi) is 7.04. The van der Waals surface area contributed by atoms with Crippen LogP contribution < -0.4 is 0 Å². The Hall–Kier alpha value is -1.97. The van der Waals surface area contributed by atoms with Crippen LogP contribution in [0, 0.1) is 17.7 Å². The van der Waals surface area contributed by atoms with E-state index in [1.54, 1.807) is 0 Å². The van der Waals surface area contributed by atoms with E-state index in [1.165, 1.54) is 33.9 Å². The monoisotopic (exact) mass is 410 g/mol. The number of benzene rings is 3. The molecule has 4 heteroatoms. The molecule has 0 fully saturated rings. The van der Waals surface area contributed by atoms with Crippen molar-refractivity contribution < 1.29 is 30.5 Å². The first-order valence-electron chi connectivity index (χ1n) is 9.56. The molecule has 0 bridgehead atoms. The van der Waals surface area contributed by atoms with Crippen LogP contribution in [0.15, 0.2) is 60.7 Å². The molecule has 0 saturated carbocycles. The fraction of sp³-hybridized carbons (Fsp3) is 0.250. The van der Waals surface area contributed by atoms with E-state index in [4.69, 9.17) is 0 Å². The number of hydrogen-bond acceptors (Lipinski definition) is 0. The topological polar surface area (TPSA) is 4.93 Å². The minimum atomic E-state index is -0.555. The van der Waals surface area contributed by atoms with Gasteiger partial charge in [0, 0.05) is 61.7 Å². The molecule has 0 spiro atoms. The molecule has 0 aliphatic carbocycles. The number of fused-ring (bicyclic) bond motifs is 3. The van der Waals surface area contributed by atoms with E-state index in [0.717, 1.165) is 32.2 Å². The van der Waals surface area contributed by atoms with Crippen LogP contribution in [0.25, 0.3) is 21.8 Å². The van der Waals surface area contributed by atoms with Crippen LogP contribution in [-0.2, 0) is 34.7 Å². The molecule has 28 heavy (non-hydrogen) atoms. The zero-order chi connectivity index (χ0) is 18.6. The SMILES string of the molecule is Fc1[c-]ccc(F)c1CCCCCCn1c2ccccc2c2ccccc21.[Ti]. The summed E-state index contributed by atoms with van der Waals surface area (Å²) in [6.45, 7) is 0.954. The van der Waals surface area contributed by atoms with E-state index >= 15 is 0 Å². The third kappa shape index (κ3) is 4.21. The maximum absolute atomic E-state index is 13.6. The van der Waals surface area contributed by atoms with Crippen LogP contribution in [0.3, 0.4) is 0 Å². The van der Waals surface area contributed by atoms with Gasteiger partial charge in [0.2, 0.25) is 0 Å². The molecule has 0 unspecified atom stereocenters. The van der Waals surface area contributed by atoms with Gasteiger partial charge >= 0.3 is 0 Å². The summed E-state index contributed by atoms with van der Waals surface area (Å²) in [5.41, 5.74) is 2.70.